The van der Waals surface area contributed by atoms with E-state index in [0.29, 0.717) is 0 Å². The molecule has 0 fully saturated rings. The molecule has 1 aromatic carbocycles. The molecule has 112 valence electrons. The van der Waals surface area contributed by atoms with Crippen molar-refractivity contribution in [3.63, 3.8) is 0 Å². The Kier molecular flexibility index (Phi) is 5.84. The number of hydrogen-bond acceptors (Lipinski definition) is 3. The Labute approximate surface area is 125 Å². The van der Waals surface area contributed by atoms with Crippen LogP contribution in [0.1, 0.15) is 23.6 Å². The van der Waals surface area contributed by atoms with Crippen LogP contribution < -0.4 is 5.32 Å². The molecule has 1 aromatic heterocycles. The highest BCUT2D eigenvalue weighted by Crippen LogP contribution is 2.20. The average Bonchev–Trinajstić information content (AvgIpc) is 2.50. The van der Waals surface area contributed by atoms with Crippen molar-refractivity contribution in [3.05, 3.63) is 65.7 Å². The molecule has 0 bridgehead atoms. The van der Waals surface area contributed by atoms with Crippen molar-refractivity contribution in [1.29, 1.82) is 0 Å². The molecule has 3 nitrogen and oxygen atoms in total. The smallest absolute Gasteiger partial charge is 0.127 e. The summed E-state index contributed by atoms with van der Waals surface area (Å²) in [6.07, 6.45) is 4.47. The molecule has 0 aliphatic rings. The number of aromatic nitrogens is 1. The fourth-order valence-electron chi connectivity index (χ4n) is 2.44. The zero-order valence-electron chi connectivity index (χ0n) is 12.6. The van der Waals surface area contributed by atoms with Gasteiger partial charge in [0.2, 0.25) is 0 Å². The van der Waals surface area contributed by atoms with Crippen LogP contribution in [0.2, 0.25) is 0 Å². The van der Waals surface area contributed by atoms with Gasteiger partial charge in [-0.15, -0.1) is 0 Å². The fourth-order valence-corrected chi connectivity index (χ4v) is 2.44. The van der Waals surface area contributed by atoms with E-state index >= 15 is 0 Å². The summed E-state index contributed by atoms with van der Waals surface area (Å²) in [6, 6.07) is 11.0. The van der Waals surface area contributed by atoms with Gasteiger partial charge >= 0.3 is 0 Å². The van der Waals surface area contributed by atoms with Crippen LogP contribution >= 0.6 is 0 Å². The third kappa shape index (κ3) is 4.62. The molecule has 1 unspecified atom stereocenters. The van der Waals surface area contributed by atoms with Crippen molar-refractivity contribution >= 4 is 0 Å². The van der Waals surface area contributed by atoms with E-state index < -0.39 is 0 Å². The minimum atomic E-state index is -0.145. The van der Waals surface area contributed by atoms with Crippen molar-refractivity contribution in [3.8, 4) is 0 Å². The van der Waals surface area contributed by atoms with Gasteiger partial charge in [-0.05, 0) is 50.8 Å². The van der Waals surface area contributed by atoms with E-state index in [9.17, 15) is 4.39 Å². The van der Waals surface area contributed by atoms with E-state index in [1.807, 2.05) is 31.3 Å². The summed E-state index contributed by atoms with van der Waals surface area (Å²) in [6.45, 7) is 1.76. The summed E-state index contributed by atoms with van der Waals surface area (Å²) in [5.74, 6) is -0.145. The summed E-state index contributed by atoms with van der Waals surface area (Å²) in [5, 5.41) is 3.20. The lowest BCUT2D eigenvalue weighted by atomic mass is 10.0. The molecule has 4 heteroatoms. The maximum atomic E-state index is 13.8. The van der Waals surface area contributed by atoms with Gasteiger partial charge in [0.05, 0.1) is 0 Å². The van der Waals surface area contributed by atoms with Crippen molar-refractivity contribution in [2.24, 2.45) is 0 Å². The molecule has 2 aromatic rings. The predicted octanol–water partition coefficient (Wildman–Crippen LogP) is 3.00. The minimum absolute atomic E-state index is 0.0334. The molecule has 21 heavy (non-hydrogen) atoms. The lowest BCUT2D eigenvalue weighted by Crippen LogP contribution is -2.25. The highest BCUT2D eigenvalue weighted by atomic mass is 19.1. The number of nitrogens with zero attached hydrogens (tertiary/aromatic N) is 2. The Balaban J connectivity index is 1.90. The Bertz CT molecular complexity index is 545. The van der Waals surface area contributed by atoms with E-state index in [2.05, 4.69) is 22.2 Å². The number of hydrogen-bond donors (Lipinski definition) is 1. The van der Waals surface area contributed by atoms with Gasteiger partial charge in [0.25, 0.3) is 0 Å². The van der Waals surface area contributed by atoms with Crippen LogP contribution in [0.4, 0.5) is 4.39 Å². The van der Waals surface area contributed by atoms with Crippen LogP contribution in [0.3, 0.4) is 0 Å². The van der Waals surface area contributed by atoms with Gasteiger partial charge in [0.15, 0.2) is 0 Å². The van der Waals surface area contributed by atoms with E-state index in [0.717, 1.165) is 25.1 Å². The first-order valence-corrected chi connectivity index (χ1v) is 7.20. The normalized spacial score (nSPS) is 12.6. The van der Waals surface area contributed by atoms with Crippen LogP contribution in [0, 0.1) is 5.82 Å². The fraction of sp³-hybridized carbons (Fsp3) is 0.353. The molecule has 0 radical (unpaired) electrons. The molecule has 0 aliphatic heterocycles. The van der Waals surface area contributed by atoms with Gasteiger partial charge in [0, 0.05) is 30.5 Å². The molecule has 0 amide bonds. The van der Waals surface area contributed by atoms with Gasteiger partial charge in [-0.2, -0.15) is 0 Å². The molecular weight excluding hydrogens is 265 g/mol. The number of rotatable bonds is 7. The van der Waals surface area contributed by atoms with E-state index in [1.54, 1.807) is 18.5 Å². The second kappa shape index (κ2) is 7.86. The molecule has 1 N–H and O–H groups in total. The Morgan fingerprint density at radius 2 is 1.90 bits per heavy atom. The molecule has 0 spiro atoms. The van der Waals surface area contributed by atoms with Gasteiger partial charge in [0.1, 0.15) is 5.82 Å². The maximum absolute atomic E-state index is 13.8. The molecule has 0 aliphatic carbocycles. The molecule has 1 heterocycles. The lowest BCUT2D eigenvalue weighted by Gasteiger charge is -2.22. The first-order valence-electron chi connectivity index (χ1n) is 7.20. The SMILES string of the molecule is CNC(CCN(C)Cc1ccncc1)c1ccccc1F. The lowest BCUT2D eigenvalue weighted by molar-refractivity contribution is 0.302. The topological polar surface area (TPSA) is 28.2 Å². The van der Waals surface area contributed by atoms with E-state index in [-0.39, 0.29) is 11.9 Å². The van der Waals surface area contributed by atoms with Gasteiger partial charge in [-0.25, -0.2) is 4.39 Å². The van der Waals surface area contributed by atoms with Crippen molar-refractivity contribution in [2.45, 2.75) is 19.0 Å². The summed E-state index contributed by atoms with van der Waals surface area (Å²) in [5.41, 5.74) is 1.97. The average molecular weight is 287 g/mol. The van der Waals surface area contributed by atoms with Crippen LogP contribution in [-0.4, -0.2) is 30.5 Å². The standard InChI is InChI=1S/C17H22FN3/c1-19-17(15-5-3-4-6-16(15)18)9-12-21(2)13-14-7-10-20-11-8-14/h3-8,10-11,17,19H,9,12-13H2,1-2H3. The quantitative estimate of drug-likeness (QED) is 0.848. The first kappa shape index (κ1) is 15.6. The van der Waals surface area contributed by atoms with Crippen LogP contribution in [0.5, 0.6) is 0 Å². The van der Waals surface area contributed by atoms with Gasteiger partial charge in [-0.3, -0.25) is 4.98 Å². The van der Waals surface area contributed by atoms with Crippen LogP contribution in [0.25, 0.3) is 0 Å². The second-order valence-corrected chi connectivity index (χ2v) is 5.24. The third-order valence-electron chi connectivity index (χ3n) is 3.63. The summed E-state index contributed by atoms with van der Waals surface area (Å²) < 4.78 is 13.8. The molecule has 1 atom stereocenters. The monoisotopic (exact) mass is 287 g/mol. The molecule has 0 saturated carbocycles. The number of pyridine rings is 1. The van der Waals surface area contributed by atoms with Crippen molar-refractivity contribution in [1.82, 2.24) is 15.2 Å². The van der Waals surface area contributed by atoms with Gasteiger partial charge < -0.3 is 10.2 Å². The third-order valence-corrected chi connectivity index (χ3v) is 3.63. The number of benzene rings is 1. The molecular formula is C17H22FN3. The highest BCUT2D eigenvalue weighted by molar-refractivity contribution is 5.21. The largest absolute Gasteiger partial charge is 0.313 e. The maximum Gasteiger partial charge on any atom is 0.127 e. The molecule has 2 rings (SSSR count). The highest BCUT2D eigenvalue weighted by Gasteiger charge is 2.14. The molecule has 0 saturated heterocycles. The van der Waals surface area contributed by atoms with E-state index in [1.165, 1.54) is 11.6 Å². The Morgan fingerprint density at radius 3 is 2.57 bits per heavy atom. The van der Waals surface area contributed by atoms with Crippen LogP contribution in [0.15, 0.2) is 48.8 Å². The summed E-state index contributed by atoms with van der Waals surface area (Å²) in [4.78, 5) is 6.26. The summed E-state index contributed by atoms with van der Waals surface area (Å²) in [7, 11) is 3.95. The number of halogens is 1. The minimum Gasteiger partial charge on any atom is -0.313 e. The second-order valence-electron chi connectivity index (χ2n) is 5.24. The predicted molar refractivity (Wildman–Crippen MR) is 83.4 cm³/mol. The summed E-state index contributed by atoms with van der Waals surface area (Å²) >= 11 is 0. The van der Waals surface area contributed by atoms with Gasteiger partial charge in [-0.1, -0.05) is 18.2 Å². The van der Waals surface area contributed by atoms with E-state index in [4.69, 9.17) is 0 Å². The zero-order chi connectivity index (χ0) is 15.1. The number of nitrogens with one attached hydrogen (secondary N) is 1. The van der Waals surface area contributed by atoms with Crippen molar-refractivity contribution < 1.29 is 4.39 Å². The zero-order valence-corrected chi connectivity index (χ0v) is 12.6. The van der Waals surface area contributed by atoms with Crippen LogP contribution in [-0.2, 0) is 6.54 Å². The Morgan fingerprint density at radius 1 is 1.19 bits per heavy atom. The van der Waals surface area contributed by atoms with Crippen molar-refractivity contribution in [2.75, 3.05) is 20.6 Å². The Hall–Kier alpha value is -1.78. The first-order chi connectivity index (χ1) is 10.2.